The molecular weight excluding hydrogens is 451 g/mol. The van der Waals surface area contributed by atoms with Gasteiger partial charge in [0.1, 0.15) is 0 Å². The summed E-state index contributed by atoms with van der Waals surface area (Å²) < 4.78 is 30.8. The fraction of sp³-hybridized carbons (Fsp3) is 0. The van der Waals surface area contributed by atoms with Crippen LogP contribution in [0.3, 0.4) is 0 Å². The van der Waals surface area contributed by atoms with Gasteiger partial charge in [0.05, 0.1) is 3.57 Å². The summed E-state index contributed by atoms with van der Waals surface area (Å²) in [5.74, 6) is 0. The van der Waals surface area contributed by atoms with Crippen LogP contribution in [0.15, 0.2) is 78.9 Å². The predicted molar refractivity (Wildman–Crippen MR) is 108 cm³/mol. The van der Waals surface area contributed by atoms with Crippen molar-refractivity contribution in [3.05, 3.63) is 82.4 Å². The van der Waals surface area contributed by atoms with E-state index in [1.54, 1.807) is 0 Å². The van der Waals surface area contributed by atoms with E-state index in [9.17, 15) is 11.5 Å². The summed E-state index contributed by atoms with van der Waals surface area (Å²) in [7, 11) is -3.67. The molecule has 5 nitrogen and oxygen atoms in total. The van der Waals surface area contributed by atoms with E-state index >= 15 is 0 Å². The van der Waals surface area contributed by atoms with Crippen molar-refractivity contribution in [1.29, 1.82) is 0 Å². The molecule has 7 heteroatoms. The smallest absolute Gasteiger partial charge is 0.265 e. The van der Waals surface area contributed by atoms with Gasteiger partial charge in [0, 0.05) is 0 Å². The molecule has 0 saturated carbocycles. The molecule has 4 N–H and O–H groups in total. The maximum atomic E-state index is 11.5. The normalized spacial score (nSPS) is 10.6. The molecule has 0 bridgehead atoms. The molecule has 0 heterocycles. The molecule has 0 aliphatic rings. The van der Waals surface area contributed by atoms with Crippen LogP contribution in [-0.4, -0.2) is 8.42 Å². The summed E-state index contributed by atoms with van der Waals surface area (Å²) in [6.07, 6.45) is 0. The van der Waals surface area contributed by atoms with Crippen LogP contribution in [0.1, 0.15) is 0 Å². The maximum absolute atomic E-state index is 11.5. The Balaban J connectivity index is 0.000000399. The van der Waals surface area contributed by atoms with Crippen molar-refractivity contribution in [1.82, 2.24) is 0 Å². The first-order valence-corrected chi connectivity index (χ1v) is 10.8. The van der Waals surface area contributed by atoms with Gasteiger partial charge in [-0.15, -0.1) is 0 Å². The van der Waals surface area contributed by atoms with Gasteiger partial charge in [-0.2, -0.15) is 8.42 Å². The molecule has 0 saturated heterocycles. The van der Waals surface area contributed by atoms with E-state index in [1.807, 2.05) is 42.5 Å². The van der Waals surface area contributed by atoms with Crippen LogP contribution in [0.5, 0.6) is 0 Å². The molecule has 0 fully saturated rings. The maximum Gasteiger partial charge on any atom is 0.271 e. The average molecular weight is 468 g/mol. The highest BCUT2D eigenvalue weighted by atomic mass is 127. The lowest BCUT2D eigenvalue weighted by molar-refractivity contribution is 0.599. The molecule has 0 aliphatic carbocycles. The summed E-state index contributed by atoms with van der Waals surface area (Å²) in [6, 6.07) is 26.6. The largest absolute Gasteiger partial charge is 0.271 e. The molecule has 0 amide bonds. The van der Waals surface area contributed by atoms with Crippen molar-refractivity contribution in [3.8, 4) is 22.3 Å². The molecule has 3 aromatic carbocycles. The monoisotopic (exact) mass is 468 g/mol. The third-order valence-electron chi connectivity index (χ3n) is 3.24. The van der Waals surface area contributed by atoms with E-state index in [1.165, 1.54) is 5.56 Å². The van der Waals surface area contributed by atoms with Crippen molar-refractivity contribution >= 4 is 31.4 Å². The molecule has 0 radical (unpaired) electrons. The number of nitrogens with two attached hydrogens (primary N) is 2. The molecule has 0 spiro atoms. The first-order chi connectivity index (χ1) is 11.9. The SMILES string of the molecule is NS(N)(=O)=O.O=Ic1ccc(-c2ccccc2)cc1-c1ccccc1. The van der Waals surface area contributed by atoms with E-state index in [4.69, 9.17) is 0 Å². The molecule has 0 aliphatic heterocycles. The van der Waals surface area contributed by atoms with Gasteiger partial charge in [-0.3, -0.25) is 3.07 Å². The summed E-state index contributed by atoms with van der Waals surface area (Å²) in [6.45, 7) is 0. The Hall–Kier alpha value is -1.94. The molecule has 0 unspecified atom stereocenters. The topological polar surface area (TPSA) is 103 Å². The molecular formula is C18H17IN2O3S. The first-order valence-electron chi connectivity index (χ1n) is 7.21. The minimum atomic E-state index is -3.67. The molecule has 130 valence electrons. The molecule has 3 aromatic rings. The first kappa shape index (κ1) is 19.4. The Morgan fingerprint density at radius 3 is 1.64 bits per heavy atom. The van der Waals surface area contributed by atoms with Gasteiger partial charge in [-0.1, -0.05) is 66.7 Å². The Morgan fingerprint density at radius 2 is 1.16 bits per heavy atom. The van der Waals surface area contributed by atoms with Crippen molar-refractivity contribution in [2.75, 3.05) is 0 Å². The summed E-state index contributed by atoms with van der Waals surface area (Å²) >= 11 is -1.17. The highest BCUT2D eigenvalue weighted by Gasteiger charge is 2.07. The van der Waals surface area contributed by atoms with Crippen LogP contribution in [0.2, 0.25) is 0 Å². The van der Waals surface area contributed by atoms with Crippen molar-refractivity contribution < 1.29 is 11.5 Å². The van der Waals surface area contributed by atoms with Crippen LogP contribution in [-0.2, 0) is 13.3 Å². The van der Waals surface area contributed by atoms with Crippen molar-refractivity contribution in [3.63, 3.8) is 0 Å². The van der Waals surface area contributed by atoms with E-state index in [2.05, 4.69) is 46.7 Å². The van der Waals surface area contributed by atoms with Crippen LogP contribution < -0.4 is 10.3 Å². The lowest BCUT2D eigenvalue weighted by atomic mass is 9.99. The second kappa shape index (κ2) is 8.95. The third kappa shape index (κ3) is 6.46. The molecule has 3 rings (SSSR count). The predicted octanol–water partition coefficient (Wildman–Crippen LogP) is 3.66. The Morgan fingerprint density at radius 1 is 0.680 bits per heavy atom. The minimum absolute atomic E-state index is 0.953. The Kier molecular flexibility index (Phi) is 6.94. The van der Waals surface area contributed by atoms with Crippen LogP contribution in [0.4, 0.5) is 0 Å². The standard InChI is InChI=1S/C18H13IO.H4N2O2S/c20-19-18-12-11-16(14-7-3-1-4-8-14)13-17(18)15-9-5-2-6-10-15;1-5(2,3)4/h1-13H;(H4,1,2,3,4). The van der Waals surface area contributed by atoms with Gasteiger partial charge in [0.15, 0.2) is 21.2 Å². The number of hydrogen-bond donors (Lipinski definition) is 2. The van der Waals surface area contributed by atoms with Crippen LogP contribution in [0.25, 0.3) is 22.3 Å². The molecule has 25 heavy (non-hydrogen) atoms. The average Bonchev–Trinajstić information content (AvgIpc) is 2.61. The van der Waals surface area contributed by atoms with Gasteiger partial charge in [0.2, 0.25) is 0 Å². The third-order valence-corrected chi connectivity index (χ3v) is 4.66. The lowest BCUT2D eigenvalue weighted by Crippen LogP contribution is -2.21. The van der Waals surface area contributed by atoms with Crippen molar-refractivity contribution in [2.45, 2.75) is 0 Å². The second-order valence-electron chi connectivity index (χ2n) is 5.09. The van der Waals surface area contributed by atoms with Gasteiger partial charge in [-0.05, 0) is 34.4 Å². The number of hydrogen-bond acceptors (Lipinski definition) is 3. The summed E-state index contributed by atoms with van der Waals surface area (Å²) in [5.41, 5.74) is 4.54. The Bertz CT molecular complexity index is 939. The zero-order valence-electron chi connectivity index (χ0n) is 13.2. The van der Waals surface area contributed by atoms with E-state index in [0.717, 1.165) is 20.3 Å². The van der Waals surface area contributed by atoms with Gasteiger partial charge >= 0.3 is 0 Å². The highest BCUT2D eigenvalue weighted by molar-refractivity contribution is 14.1. The van der Waals surface area contributed by atoms with Crippen LogP contribution >= 0.6 is 21.2 Å². The second-order valence-corrected chi connectivity index (χ2v) is 7.87. The molecule has 0 aromatic heterocycles. The fourth-order valence-electron chi connectivity index (χ4n) is 2.24. The zero-order valence-corrected chi connectivity index (χ0v) is 16.1. The number of halogens is 1. The van der Waals surface area contributed by atoms with E-state index < -0.39 is 31.4 Å². The highest BCUT2D eigenvalue weighted by Crippen LogP contribution is 2.31. The zero-order chi connectivity index (χ0) is 18.3. The summed E-state index contributed by atoms with van der Waals surface area (Å²) in [4.78, 5) is 0. The Labute approximate surface area is 157 Å². The lowest BCUT2D eigenvalue weighted by Gasteiger charge is -2.08. The summed E-state index contributed by atoms with van der Waals surface area (Å²) in [5, 5.41) is 8.21. The van der Waals surface area contributed by atoms with Gasteiger partial charge in [0.25, 0.3) is 10.2 Å². The molecule has 0 atom stereocenters. The minimum Gasteiger partial charge on any atom is -0.265 e. The quantitative estimate of drug-likeness (QED) is 0.574. The van der Waals surface area contributed by atoms with Crippen molar-refractivity contribution in [2.24, 2.45) is 10.3 Å². The number of rotatable bonds is 3. The van der Waals surface area contributed by atoms with Gasteiger partial charge < -0.3 is 0 Å². The fourth-order valence-corrected chi connectivity index (χ4v) is 3.27. The van der Waals surface area contributed by atoms with E-state index in [-0.39, 0.29) is 0 Å². The number of benzene rings is 3. The van der Waals surface area contributed by atoms with Gasteiger partial charge in [-0.25, -0.2) is 10.3 Å². The van der Waals surface area contributed by atoms with Crippen LogP contribution in [0, 0.1) is 3.57 Å². The van der Waals surface area contributed by atoms with E-state index in [0.29, 0.717) is 0 Å².